The number of nitrogens with zero attached hydrogens (tertiary/aromatic N) is 2. The Morgan fingerprint density at radius 1 is 1.37 bits per heavy atom. The predicted molar refractivity (Wildman–Crippen MR) is 71.2 cm³/mol. The molecule has 1 aromatic heterocycles. The Balaban J connectivity index is 2.23. The maximum atomic E-state index is 13.1. The molecule has 0 unspecified atom stereocenters. The van der Waals surface area contributed by atoms with Crippen LogP contribution in [0.15, 0.2) is 42.6 Å². The van der Waals surface area contributed by atoms with Crippen molar-refractivity contribution < 1.29 is 9.18 Å². The minimum atomic E-state index is -0.391. The summed E-state index contributed by atoms with van der Waals surface area (Å²) >= 11 is 0. The number of nitrogen functional groups attached to an aromatic ring is 1. The molecule has 1 aromatic carbocycles. The van der Waals surface area contributed by atoms with E-state index < -0.39 is 5.82 Å². The van der Waals surface area contributed by atoms with E-state index in [0.29, 0.717) is 17.1 Å². The van der Waals surface area contributed by atoms with Crippen LogP contribution in [-0.2, 0) is 0 Å². The normalized spacial score (nSPS) is 10.1. The van der Waals surface area contributed by atoms with Gasteiger partial charge in [-0.1, -0.05) is 6.07 Å². The number of hydrogen-bond donors (Lipinski definition) is 2. The summed E-state index contributed by atoms with van der Waals surface area (Å²) in [7, 11) is 1.58. The Morgan fingerprint density at radius 3 is 2.74 bits per heavy atom. The van der Waals surface area contributed by atoms with E-state index in [-0.39, 0.29) is 5.91 Å². The third-order valence-electron chi connectivity index (χ3n) is 2.66. The number of amides is 1. The number of pyridine rings is 1. The van der Waals surface area contributed by atoms with Gasteiger partial charge in [-0.25, -0.2) is 15.2 Å². The van der Waals surface area contributed by atoms with Crippen LogP contribution in [0.5, 0.6) is 0 Å². The van der Waals surface area contributed by atoms with Crippen molar-refractivity contribution in [1.29, 1.82) is 0 Å². The first kappa shape index (κ1) is 13.0. The molecule has 1 amide bonds. The molecule has 0 atom stereocenters. The van der Waals surface area contributed by atoms with Crippen molar-refractivity contribution >= 4 is 17.4 Å². The van der Waals surface area contributed by atoms with E-state index in [9.17, 15) is 9.18 Å². The second-order valence-electron chi connectivity index (χ2n) is 3.92. The first-order valence-electron chi connectivity index (χ1n) is 5.58. The molecule has 0 aliphatic heterocycles. The topological polar surface area (TPSA) is 71.2 Å². The average Bonchev–Trinajstić information content (AvgIpc) is 2.46. The summed E-state index contributed by atoms with van der Waals surface area (Å²) in [6, 6.07) is 9.01. The Morgan fingerprint density at radius 2 is 2.16 bits per heavy atom. The number of hydrogen-bond acceptors (Lipinski definition) is 4. The molecule has 6 heteroatoms. The quantitative estimate of drug-likeness (QED) is 0.652. The van der Waals surface area contributed by atoms with Crippen molar-refractivity contribution in [3.05, 3.63) is 54.0 Å². The van der Waals surface area contributed by atoms with Gasteiger partial charge in [0, 0.05) is 18.9 Å². The summed E-state index contributed by atoms with van der Waals surface area (Å²) in [5.74, 6) is 4.99. The lowest BCUT2D eigenvalue weighted by Gasteiger charge is -2.17. The van der Waals surface area contributed by atoms with Crippen LogP contribution in [0.4, 0.5) is 15.9 Å². The van der Waals surface area contributed by atoms with Crippen molar-refractivity contribution in [1.82, 2.24) is 4.98 Å². The van der Waals surface area contributed by atoms with Gasteiger partial charge < -0.3 is 10.3 Å². The smallest absolute Gasteiger partial charge is 0.259 e. The van der Waals surface area contributed by atoms with E-state index in [1.54, 1.807) is 31.3 Å². The highest BCUT2D eigenvalue weighted by atomic mass is 19.1. The number of hydrazine groups is 1. The molecule has 0 saturated carbocycles. The van der Waals surface area contributed by atoms with Gasteiger partial charge in [0.1, 0.15) is 11.6 Å². The molecule has 0 spiro atoms. The monoisotopic (exact) mass is 260 g/mol. The minimum Gasteiger partial charge on any atom is -0.311 e. The Kier molecular flexibility index (Phi) is 3.72. The molecule has 0 saturated heterocycles. The largest absolute Gasteiger partial charge is 0.311 e. The Hall–Kier alpha value is -2.47. The van der Waals surface area contributed by atoms with Gasteiger partial charge in [-0.05, 0) is 30.3 Å². The number of benzene rings is 1. The zero-order valence-corrected chi connectivity index (χ0v) is 10.3. The number of anilines is 2. The summed E-state index contributed by atoms with van der Waals surface area (Å²) in [6.45, 7) is 0. The average molecular weight is 260 g/mol. The van der Waals surface area contributed by atoms with Crippen LogP contribution in [0.1, 0.15) is 10.4 Å². The number of nitrogens with one attached hydrogen (secondary N) is 1. The lowest BCUT2D eigenvalue weighted by atomic mass is 10.2. The third-order valence-corrected chi connectivity index (χ3v) is 2.66. The van der Waals surface area contributed by atoms with E-state index in [2.05, 4.69) is 10.4 Å². The van der Waals surface area contributed by atoms with Gasteiger partial charge in [0.05, 0.1) is 5.56 Å². The molecule has 1 heterocycles. The molecule has 0 aliphatic rings. The van der Waals surface area contributed by atoms with Crippen LogP contribution in [0.3, 0.4) is 0 Å². The molecule has 0 fully saturated rings. The molecular formula is C13H13FN4O. The fourth-order valence-electron chi connectivity index (χ4n) is 1.60. The third kappa shape index (κ3) is 2.86. The van der Waals surface area contributed by atoms with Crippen molar-refractivity contribution in [2.45, 2.75) is 0 Å². The summed E-state index contributed by atoms with van der Waals surface area (Å²) in [5.41, 5.74) is 3.25. The summed E-state index contributed by atoms with van der Waals surface area (Å²) < 4.78 is 13.1. The predicted octanol–water partition coefficient (Wildman–Crippen LogP) is 1.78. The minimum absolute atomic E-state index is 0.276. The molecule has 2 aromatic rings. The molecule has 3 N–H and O–H groups in total. The molecule has 19 heavy (non-hydrogen) atoms. The van der Waals surface area contributed by atoms with Crippen molar-refractivity contribution in [2.75, 3.05) is 17.4 Å². The highest BCUT2D eigenvalue weighted by molar-refractivity contribution is 6.05. The molecule has 0 bridgehead atoms. The first-order valence-corrected chi connectivity index (χ1v) is 5.58. The van der Waals surface area contributed by atoms with Crippen LogP contribution in [-0.4, -0.2) is 17.9 Å². The zero-order valence-electron chi connectivity index (χ0n) is 10.3. The lowest BCUT2D eigenvalue weighted by molar-refractivity contribution is 0.0992. The molecular weight excluding hydrogens is 247 g/mol. The summed E-state index contributed by atoms with van der Waals surface area (Å²) in [4.78, 5) is 17.5. The van der Waals surface area contributed by atoms with Crippen LogP contribution in [0.25, 0.3) is 0 Å². The van der Waals surface area contributed by atoms with Gasteiger partial charge in [-0.2, -0.15) is 0 Å². The standard InChI is InChI=1S/C13H13FN4O/c1-18(11-4-2-3-10(14)7-11)13(19)9-5-6-12(17-15)16-8-9/h2-8H,15H2,1H3,(H,16,17). The van der Waals surface area contributed by atoms with Gasteiger partial charge in [0.2, 0.25) is 0 Å². The van der Waals surface area contributed by atoms with Gasteiger partial charge in [-0.15, -0.1) is 0 Å². The molecule has 2 rings (SSSR count). The second kappa shape index (κ2) is 5.45. The van der Waals surface area contributed by atoms with E-state index in [0.717, 1.165) is 0 Å². The van der Waals surface area contributed by atoms with Crippen LogP contribution in [0.2, 0.25) is 0 Å². The fraction of sp³-hybridized carbons (Fsp3) is 0.0769. The summed E-state index contributed by atoms with van der Waals surface area (Å²) in [5, 5.41) is 0. The lowest BCUT2D eigenvalue weighted by Crippen LogP contribution is -2.26. The van der Waals surface area contributed by atoms with Crippen LogP contribution in [0, 0.1) is 5.82 Å². The molecule has 98 valence electrons. The Labute approximate surface area is 109 Å². The van der Waals surface area contributed by atoms with Gasteiger partial charge >= 0.3 is 0 Å². The number of carbonyl (C=O) groups excluding carboxylic acids is 1. The highest BCUT2D eigenvalue weighted by Crippen LogP contribution is 2.16. The van der Waals surface area contributed by atoms with E-state index in [1.807, 2.05) is 0 Å². The molecule has 0 radical (unpaired) electrons. The van der Waals surface area contributed by atoms with Crippen molar-refractivity contribution in [3.8, 4) is 0 Å². The maximum Gasteiger partial charge on any atom is 0.259 e. The number of carbonyl (C=O) groups is 1. The van der Waals surface area contributed by atoms with Crippen LogP contribution >= 0.6 is 0 Å². The van der Waals surface area contributed by atoms with Gasteiger partial charge in [0.15, 0.2) is 0 Å². The zero-order chi connectivity index (χ0) is 13.8. The highest BCUT2D eigenvalue weighted by Gasteiger charge is 2.14. The Bertz CT molecular complexity index is 585. The van der Waals surface area contributed by atoms with Gasteiger partial charge in [0.25, 0.3) is 5.91 Å². The maximum absolute atomic E-state index is 13.1. The number of halogens is 1. The SMILES string of the molecule is CN(C(=O)c1ccc(NN)nc1)c1cccc(F)c1. The fourth-order valence-corrected chi connectivity index (χ4v) is 1.60. The summed E-state index contributed by atoms with van der Waals surface area (Å²) in [6.07, 6.45) is 1.41. The van der Waals surface area contributed by atoms with Gasteiger partial charge in [-0.3, -0.25) is 4.79 Å². The van der Waals surface area contributed by atoms with E-state index in [4.69, 9.17) is 5.84 Å². The van der Waals surface area contributed by atoms with E-state index in [1.165, 1.54) is 23.2 Å². The van der Waals surface area contributed by atoms with Crippen LogP contribution < -0.4 is 16.2 Å². The first-order chi connectivity index (χ1) is 9.11. The van der Waals surface area contributed by atoms with E-state index >= 15 is 0 Å². The molecule has 0 aliphatic carbocycles. The van der Waals surface area contributed by atoms with Crippen molar-refractivity contribution in [2.24, 2.45) is 5.84 Å². The second-order valence-corrected chi connectivity index (χ2v) is 3.92. The number of aromatic nitrogens is 1. The van der Waals surface area contributed by atoms with Crippen molar-refractivity contribution in [3.63, 3.8) is 0 Å². The number of rotatable bonds is 3. The molecule has 5 nitrogen and oxygen atoms in total. The number of nitrogens with two attached hydrogens (primary N) is 1.